The van der Waals surface area contributed by atoms with Gasteiger partial charge < -0.3 is 70.4 Å². The fourth-order valence-corrected chi connectivity index (χ4v) is 10.7. The topological polar surface area (TPSA) is 347 Å². The van der Waals surface area contributed by atoms with Gasteiger partial charge in [0.2, 0.25) is 11.7 Å². The van der Waals surface area contributed by atoms with Crippen LogP contribution in [0.15, 0.2) is 128 Å². The minimum absolute atomic E-state index is 0.0173. The number of phenolic OH excluding ortho intramolecular Hbond substituents is 2. The number of carbonyl (C=O) groups excluding carboxylic acids is 4. The van der Waals surface area contributed by atoms with E-state index in [1.165, 1.54) is 25.3 Å². The number of aliphatic carboxylic acids is 2. The van der Waals surface area contributed by atoms with Crippen molar-refractivity contribution in [1.29, 1.82) is 0 Å². The summed E-state index contributed by atoms with van der Waals surface area (Å²) >= 11 is 0. The molecule has 4 aliphatic rings. The van der Waals surface area contributed by atoms with E-state index >= 15 is 0 Å². The number of aromatic hydroxyl groups is 2. The zero-order valence-electron chi connectivity index (χ0n) is 45.3. The molecule has 22 nitrogen and oxygen atoms in total. The van der Waals surface area contributed by atoms with Gasteiger partial charge in [-0.3, -0.25) is 29.1 Å². The highest BCUT2D eigenvalue weighted by atomic mass is 16.7. The first-order valence-electron chi connectivity index (χ1n) is 26.6. The number of aliphatic hydroxyl groups excluding tert-OH is 3. The highest BCUT2D eigenvalue weighted by Crippen LogP contribution is 2.52. The number of rotatable bonds is 15. The molecule has 10 N–H and O–H groups in total. The summed E-state index contributed by atoms with van der Waals surface area (Å²) in [7, 11) is 1.32. The van der Waals surface area contributed by atoms with Gasteiger partial charge in [-0.15, -0.1) is 0 Å². The van der Waals surface area contributed by atoms with E-state index in [-0.39, 0.29) is 52.9 Å². The number of Topliss-reactive ketones (excluding diaryl/α,β-unsaturated/α-hetero) is 1. The highest BCUT2D eigenvalue weighted by Gasteiger charge is 2.50. The Balaban J connectivity index is 0.000000192. The number of methoxy groups -OCH3 is 1. The first kappa shape index (κ1) is 60.6. The number of carbonyl (C=O) groups is 6. The molecule has 83 heavy (non-hydrogen) atoms. The average Bonchev–Trinajstić information content (AvgIpc) is 1.34. The number of carboxylic acid groups (broad SMARTS) is 2. The maximum absolute atomic E-state index is 13.6. The Bertz CT molecular complexity index is 3320. The summed E-state index contributed by atoms with van der Waals surface area (Å²) in [6, 6.07) is 33.2. The van der Waals surface area contributed by atoms with Crippen molar-refractivity contribution in [2.45, 2.75) is 74.5 Å². The van der Waals surface area contributed by atoms with Gasteiger partial charge in [0.05, 0.1) is 53.5 Å². The zero-order chi connectivity index (χ0) is 59.7. The van der Waals surface area contributed by atoms with Crippen LogP contribution in [0.1, 0.15) is 85.9 Å². The third-order valence-corrected chi connectivity index (χ3v) is 14.9. The van der Waals surface area contributed by atoms with E-state index in [2.05, 4.69) is 9.88 Å². The van der Waals surface area contributed by atoms with Crippen molar-refractivity contribution < 1.29 is 88.6 Å². The number of pyridine rings is 1. The van der Waals surface area contributed by atoms with Crippen molar-refractivity contribution in [3.63, 3.8) is 0 Å². The van der Waals surface area contributed by atoms with Crippen molar-refractivity contribution in [2.24, 2.45) is 5.73 Å². The molecule has 1 aromatic heterocycles. The number of aromatic nitrogens is 1. The summed E-state index contributed by atoms with van der Waals surface area (Å²) in [4.78, 5) is 81.0. The van der Waals surface area contributed by atoms with Crippen LogP contribution in [-0.2, 0) is 35.1 Å². The minimum atomic E-state index is -2.24. The van der Waals surface area contributed by atoms with E-state index in [0.29, 0.717) is 31.8 Å². The number of hydrogen-bond acceptors (Lipinski definition) is 19. The summed E-state index contributed by atoms with van der Waals surface area (Å²) in [5.74, 6) is -5.75. The Hall–Kier alpha value is -8.45. The second-order valence-corrected chi connectivity index (χ2v) is 20.3. The lowest BCUT2D eigenvalue weighted by Gasteiger charge is -2.42. The smallest absolute Gasteiger partial charge is 0.328 e. The van der Waals surface area contributed by atoms with E-state index in [1.54, 1.807) is 13.1 Å². The molecule has 6 aromatic rings. The SMILES string of the molecule is COc1cccc2c1C(=O)c1c(O)c3c(c(O)c1C2=O)C[C@@](O)(C(=O)CO)C[C@@H]3O[C@H]1C[C@H](N)[C@H](O)[C@H](C)O1.O=C(C(c1ccccc1)c1ccccc1)N1CCN(CC(O)COc2cccc3ncccc23)CC1.O=C(O)/C=C/C(=O)O. The van der Waals surface area contributed by atoms with Crippen LogP contribution in [-0.4, -0.2) is 180 Å². The van der Waals surface area contributed by atoms with Crippen LogP contribution < -0.4 is 15.2 Å². The fourth-order valence-electron chi connectivity index (χ4n) is 10.7. The van der Waals surface area contributed by atoms with E-state index in [4.69, 9.17) is 34.9 Å². The summed E-state index contributed by atoms with van der Waals surface area (Å²) in [6.45, 7) is 3.98. The summed E-state index contributed by atoms with van der Waals surface area (Å²) in [6.07, 6.45) is -2.87. The van der Waals surface area contributed by atoms with E-state index in [1.807, 2.05) is 95.9 Å². The molecule has 0 saturated carbocycles. The Morgan fingerprint density at radius 1 is 0.807 bits per heavy atom. The number of amides is 1. The second kappa shape index (κ2) is 26.6. The number of ketones is 3. The van der Waals surface area contributed by atoms with Crippen LogP contribution in [0.4, 0.5) is 0 Å². The number of nitrogens with zero attached hydrogens (tertiary/aromatic N) is 3. The lowest BCUT2D eigenvalue weighted by Crippen LogP contribution is -2.53. The van der Waals surface area contributed by atoms with Crippen LogP contribution in [0.5, 0.6) is 23.0 Å². The predicted octanol–water partition coefficient (Wildman–Crippen LogP) is 3.66. The minimum Gasteiger partial charge on any atom is -0.507 e. The average molecular weight is 1140 g/mol. The molecule has 7 atom stereocenters. The molecule has 2 fully saturated rings. The van der Waals surface area contributed by atoms with Gasteiger partial charge in [-0.25, -0.2) is 9.59 Å². The normalized spacial score (nSPS) is 21.5. The number of phenols is 2. The van der Waals surface area contributed by atoms with Crippen LogP contribution >= 0.6 is 0 Å². The molecule has 1 amide bonds. The zero-order valence-corrected chi connectivity index (χ0v) is 45.3. The molecular weight excluding hydrogens is 1080 g/mol. The molecule has 1 unspecified atom stereocenters. The van der Waals surface area contributed by atoms with Gasteiger partial charge >= 0.3 is 11.9 Å². The number of piperazine rings is 1. The maximum Gasteiger partial charge on any atom is 0.328 e. The molecule has 2 aliphatic heterocycles. The van der Waals surface area contributed by atoms with Gasteiger partial charge in [-0.2, -0.15) is 0 Å². The number of benzene rings is 5. The monoisotopic (exact) mass is 1140 g/mol. The third-order valence-electron chi connectivity index (χ3n) is 14.9. The molecule has 2 saturated heterocycles. The number of aliphatic hydroxyl groups is 4. The van der Waals surface area contributed by atoms with Crippen LogP contribution in [0.2, 0.25) is 0 Å². The molecule has 436 valence electrons. The number of carboxylic acids is 2. The third kappa shape index (κ3) is 13.6. The summed E-state index contributed by atoms with van der Waals surface area (Å²) < 4.78 is 22.9. The fraction of sp³-hybridized carbons (Fsp3) is 0.328. The second-order valence-electron chi connectivity index (χ2n) is 20.3. The van der Waals surface area contributed by atoms with Gasteiger partial charge in [0.25, 0.3) is 0 Å². The maximum atomic E-state index is 13.6. The Morgan fingerprint density at radius 3 is 2.02 bits per heavy atom. The molecule has 2 aliphatic carbocycles. The van der Waals surface area contributed by atoms with E-state index < -0.39 is 114 Å². The summed E-state index contributed by atoms with van der Waals surface area (Å²) in [5.41, 5.74) is 5.26. The Kier molecular flexibility index (Phi) is 19.5. The molecule has 5 aromatic carbocycles. The number of fused-ring (bicyclic) bond motifs is 4. The van der Waals surface area contributed by atoms with E-state index in [0.717, 1.165) is 40.9 Å². The van der Waals surface area contributed by atoms with Crippen molar-refractivity contribution in [2.75, 3.05) is 53.0 Å². The molecular formula is C61H64N4O18. The van der Waals surface area contributed by atoms with Gasteiger partial charge in [0, 0.05) is 98.5 Å². The molecule has 0 spiro atoms. The lowest BCUT2D eigenvalue weighted by atomic mass is 9.72. The molecule has 0 radical (unpaired) electrons. The largest absolute Gasteiger partial charge is 0.507 e. The number of ether oxygens (including phenoxy) is 4. The van der Waals surface area contributed by atoms with Crippen LogP contribution in [0, 0.1) is 0 Å². The van der Waals surface area contributed by atoms with Crippen molar-refractivity contribution in [3.05, 3.63) is 172 Å². The van der Waals surface area contributed by atoms with Crippen molar-refractivity contribution in [1.82, 2.24) is 14.8 Å². The number of β-amino-alcohol motifs (C(OH)–C–C–N with tert-alkyl or cyclic N) is 1. The first-order chi connectivity index (χ1) is 39.7. The Morgan fingerprint density at radius 2 is 1.42 bits per heavy atom. The van der Waals surface area contributed by atoms with Gasteiger partial charge in [-0.1, -0.05) is 78.9 Å². The predicted molar refractivity (Wildman–Crippen MR) is 297 cm³/mol. The van der Waals surface area contributed by atoms with Gasteiger partial charge in [-0.05, 0) is 48.4 Å². The summed E-state index contributed by atoms with van der Waals surface area (Å²) in [5, 5.41) is 80.9. The molecule has 3 heterocycles. The standard InChI is InChI=1S/C30H31N3O3.C27H29NO11.C4H4O4/c34-25(22-36-28-15-7-14-27-26(28)13-8-16-31-27)21-32-17-19-33(20-18-32)30(35)29(23-9-3-1-4-10-23)24-11-5-2-6-12-24;1-10-22(31)13(28)6-17(38-10)39-15-8-27(36,16(30)9-29)7-12-19(15)26(35)21-20(24(12)33)23(32)11-4-3-5-14(37-2)18(11)25(21)34;5-3(6)1-2-4(7)8/h1-16,25,29,34H,17-22H2;3-5,10,13,15,17,22,29,31,33,35-36H,6-9,28H2,1-2H3;1-2H,(H,5,6)(H,7,8)/b;;2-1+/t;10-,13-,15-,17-,22+,27-;/m.0./s1. The van der Waals surface area contributed by atoms with Crippen LogP contribution in [0.3, 0.4) is 0 Å². The van der Waals surface area contributed by atoms with Gasteiger partial charge in [0.1, 0.15) is 47.9 Å². The highest BCUT2D eigenvalue weighted by molar-refractivity contribution is 6.31. The van der Waals surface area contributed by atoms with Crippen LogP contribution in [0.25, 0.3) is 10.9 Å². The first-order valence-corrected chi connectivity index (χ1v) is 26.6. The van der Waals surface area contributed by atoms with Crippen molar-refractivity contribution >= 4 is 46.1 Å². The lowest BCUT2D eigenvalue weighted by molar-refractivity contribution is -0.247. The number of hydrogen-bond donors (Lipinski definition) is 9. The quantitative estimate of drug-likeness (QED) is 0.0522. The number of nitrogens with two attached hydrogens (primary N) is 1. The van der Waals surface area contributed by atoms with Gasteiger partial charge in [0.15, 0.2) is 17.9 Å². The molecule has 10 rings (SSSR count). The van der Waals surface area contributed by atoms with Crippen molar-refractivity contribution in [3.8, 4) is 23.0 Å². The Labute approximate surface area is 476 Å². The molecule has 0 bridgehead atoms. The molecule has 22 heteroatoms. The van der Waals surface area contributed by atoms with E-state index in [9.17, 15) is 59.4 Å².